The smallest absolute Gasteiger partial charge is 0.237 e. The maximum absolute atomic E-state index is 5.41. The van der Waals surface area contributed by atoms with Crippen molar-refractivity contribution in [2.24, 2.45) is 0 Å². The molecule has 0 bridgehead atoms. The topological polar surface area (TPSA) is 69.6 Å². The van der Waals surface area contributed by atoms with E-state index in [2.05, 4.69) is 40.8 Å². The lowest BCUT2D eigenvalue weighted by Gasteiger charge is -2.06. The van der Waals surface area contributed by atoms with Crippen LogP contribution >= 0.6 is 27.7 Å². The summed E-state index contributed by atoms with van der Waals surface area (Å²) in [4.78, 5) is 4.50. The van der Waals surface area contributed by atoms with Gasteiger partial charge in [-0.05, 0) is 37.8 Å². The van der Waals surface area contributed by atoms with E-state index in [9.17, 15) is 0 Å². The average molecular weight is 418 g/mol. The first-order chi connectivity index (χ1) is 12.3. The van der Waals surface area contributed by atoms with Crippen LogP contribution in [0.5, 0.6) is 0 Å². The Morgan fingerprint density at radius 1 is 1.20 bits per heavy atom. The van der Waals surface area contributed by atoms with E-state index in [-0.39, 0.29) is 0 Å². The van der Waals surface area contributed by atoms with Crippen molar-refractivity contribution in [2.75, 3.05) is 0 Å². The first-order valence-corrected chi connectivity index (χ1v) is 10.2. The Morgan fingerprint density at radius 3 is 2.84 bits per heavy atom. The highest BCUT2D eigenvalue weighted by molar-refractivity contribution is 9.10. The second-order valence-electron chi connectivity index (χ2n) is 6.53. The highest BCUT2D eigenvalue weighted by Gasteiger charge is 2.36. The molecule has 0 N–H and O–H groups in total. The van der Waals surface area contributed by atoms with Crippen LogP contribution in [0.15, 0.2) is 38.4 Å². The summed E-state index contributed by atoms with van der Waals surface area (Å²) in [5.74, 6) is 3.62. The van der Waals surface area contributed by atoms with Crippen molar-refractivity contribution in [1.29, 1.82) is 0 Å². The number of nitrogens with zero attached hydrogens (tertiary/aromatic N) is 5. The molecule has 2 aliphatic carbocycles. The zero-order chi connectivity index (χ0) is 16.8. The normalized spacial score (nSPS) is 17.2. The van der Waals surface area contributed by atoms with Gasteiger partial charge in [-0.15, -0.1) is 10.2 Å². The second-order valence-corrected chi connectivity index (χ2v) is 8.39. The molecular formula is C17H16BrN5OS. The van der Waals surface area contributed by atoms with Crippen molar-refractivity contribution in [1.82, 2.24) is 24.9 Å². The van der Waals surface area contributed by atoms with Crippen molar-refractivity contribution in [3.05, 3.63) is 40.5 Å². The highest BCUT2D eigenvalue weighted by Crippen LogP contribution is 2.46. The van der Waals surface area contributed by atoms with Gasteiger partial charge in [0.1, 0.15) is 5.82 Å². The molecule has 8 heteroatoms. The van der Waals surface area contributed by atoms with Gasteiger partial charge < -0.3 is 9.09 Å². The minimum Gasteiger partial charge on any atom is -0.338 e. The third-order valence-corrected chi connectivity index (χ3v) is 5.84. The Hall–Kier alpha value is -1.67. The zero-order valence-corrected chi connectivity index (χ0v) is 15.8. The van der Waals surface area contributed by atoms with E-state index < -0.39 is 0 Å². The fourth-order valence-corrected chi connectivity index (χ4v) is 4.12. The number of rotatable bonds is 6. The summed E-state index contributed by atoms with van der Waals surface area (Å²) in [6, 6.07) is 8.48. The van der Waals surface area contributed by atoms with Gasteiger partial charge in [0, 0.05) is 22.0 Å². The molecule has 0 spiro atoms. The Labute approximate surface area is 157 Å². The van der Waals surface area contributed by atoms with Crippen molar-refractivity contribution >= 4 is 27.7 Å². The van der Waals surface area contributed by atoms with E-state index in [0.717, 1.165) is 15.2 Å². The summed E-state index contributed by atoms with van der Waals surface area (Å²) in [6.45, 7) is 0. The van der Waals surface area contributed by atoms with Crippen LogP contribution in [0.2, 0.25) is 0 Å². The summed E-state index contributed by atoms with van der Waals surface area (Å²) in [6.07, 6.45) is 4.96. The molecule has 128 valence electrons. The van der Waals surface area contributed by atoms with Crippen LogP contribution in [0.1, 0.15) is 49.4 Å². The maximum Gasteiger partial charge on any atom is 0.237 e. The molecule has 1 aromatic carbocycles. The van der Waals surface area contributed by atoms with E-state index in [1.165, 1.54) is 31.5 Å². The third-order valence-electron chi connectivity index (χ3n) is 4.42. The molecule has 0 radical (unpaired) electrons. The van der Waals surface area contributed by atoms with Crippen molar-refractivity contribution in [2.45, 2.75) is 48.6 Å². The molecule has 2 heterocycles. The Morgan fingerprint density at radius 2 is 2.08 bits per heavy atom. The molecule has 6 nitrogen and oxygen atoms in total. The van der Waals surface area contributed by atoms with Gasteiger partial charge in [0.2, 0.25) is 11.7 Å². The molecule has 2 aromatic heterocycles. The number of hydrogen-bond donors (Lipinski definition) is 0. The molecule has 0 atom stereocenters. The van der Waals surface area contributed by atoms with Crippen molar-refractivity contribution in [3.63, 3.8) is 0 Å². The highest BCUT2D eigenvalue weighted by atomic mass is 79.9. The predicted molar refractivity (Wildman–Crippen MR) is 97.3 cm³/mol. The first kappa shape index (κ1) is 15.6. The minimum atomic E-state index is 0.591. The molecule has 0 saturated heterocycles. The molecule has 2 saturated carbocycles. The molecule has 25 heavy (non-hydrogen) atoms. The van der Waals surface area contributed by atoms with Crippen LogP contribution in [0.4, 0.5) is 0 Å². The van der Waals surface area contributed by atoms with Gasteiger partial charge in [0.25, 0.3) is 0 Å². The van der Waals surface area contributed by atoms with Gasteiger partial charge >= 0.3 is 0 Å². The Balaban J connectivity index is 1.32. The summed E-state index contributed by atoms with van der Waals surface area (Å²) in [5.41, 5.74) is 0.937. The lowest BCUT2D eigenvalue weighted by Crippen LogP contribution is -2.01. The van der Waals surface area contributed by atoms with E-state index in [0.29, 0.717) is 29.4 Å². The number of hydrogen-bond acceptors (Lipinski definition) is 6. The molecule has 5 rings (SSSR count). The van der Waals surface area contributed by atoms with Crippen LogP contribution in [-0.4, -0.2) is 24.9 Å². The quantitative estimate of drug-likeness (QED) is 0.545. The van der Waals surface area contributed by atoms with Gasteiger partial charge in [0.15, 0.2) is 5.16 Å². The van der Waals surface area contributed by atoms with Gasteiger partial charge in [0.05, 0.1) is 5.75 Å². The largest absolute Gasteiger partial charge is 0.338 e. The molecule has 0 unspecified atom stereocenters. The SMILES string of the molecule is Brc1cccc(-c2noc(CSc3nnc(C4CC4)n3C3CC3)n2)c1. The Bertz CT molecular complexity index is 915. The van der Waals surface area contributed by atoms with E-state index >= 15 is 0 Å². The summed E-state index contributed by atoms with van der Waals surface area (Å²) >= 11 is 5.10. The van der Waals surface area contributed by atoms with E-state index in [1.807, 2.05) is 24.3 Å². The van der Waals surface area contributed by atoms with E-state index in [1.54, 1.807) is 11.8 Å². The van der Waals surface area contributed by atoms with Gasteiger partial charge in [-0.1, -0.05) is 45.0 Å². The number of thioether (sulfide) groups is 1. The van der Waals surface area contributed by atoms with Gasteiger partial charge in [-0.2, -0.15) is 4.98 Å². The second kappa shape index (κ2) is 6.25. The molecule has 3 aromatic rings. The number of halogens is 1. The van der Waals surface area contributed by atoms with Gasteiger partial charge in [-0.3, -0.25) is 0 Å². The number of aromatic nitrogens is 5. The fourth-order valence-electron chi connectivity index (χ4n) is 2.87. The van der Waals surface area contributed by atoms with Crippen LogP contribution in [-0.2, 0) is 5.75 Å². The Kier molecular flexibility index (Phi) is 3.89. The van der Waals surface area contributed by atoms with E-state index in [4.69, 9.17) is 4.52 Å². The first-order valence-electron chi connectivity index (χ1n) is 8.44. The summed E-state index contributed by atoms with van der Waals surface area (Å²) in [7, 11) is 0. The van der Waals surface area contributed by atoms with Crippen LogP contribution in [0, 0.1) is 0 Å². The van der Waals surface area contributed by atoms with Crippen molar-refractivity contribution in [3.8, 4) is 11.4 Å². The number of benzene rings is 1. The monoisotopic (exact) mass is 417 g/mol. The summed E-state index contributed by atoms with van der Waals surface area (Å²) < 4.78 is 8.75. The third kappa shape index (κ3) is 3.25. The standard InChI is InChI=1S/C17H16BrN5OS/c18-12-3-1-2-11(8-12)15-19-14(24-22-15)9-25-17-21-20-16(10-4-5-10)23(17)13-6-7-13/h1-3,8,10,13H,4-7,9H2. The molecule has 2 fully saturated rings. The van der Waals surface area contributed by atoms with Crippen LogP contribution in [0.25, 0.3) is 11.4 Å². The lowest BCUT2D eigenvalue weighted by atomic mass is 10.2. The molecule has 2 aliphatic rings. The predicted octanol–water partition coefficient (Wildman–Crippen LogP) is 4.60. The van der Waals surface area contributed by atoms with Crippen molar-refractivity contribution < 1.29 is 4.52 Å². The van der Waals surface area contributed by atoms with Gasteiger partial charge in [-0.25, -0.2) is 0 Å². The molecule has 0 aliphatic heterocycles. The fraction of sp³-hybridized carbons (Fsp3) is 0.412. The average Bonchev–Trinajstić information content (AvgIpc) is 3.55. The molecular weight excluding hydrogens is 402 g/mol. The van der Waals surface area contributed by atoms with Crippen LogP contribution in [0.3, 0.4) is 0 Å². The lowest BCUT2D eigenvalue weighted by molar-refractivity contribution is 0.391. The zero-order valence-electron chi connectivity index (χ0n) is 13.4. The van der Waals surface area contributed by atoms with Crippen LogP contribution < -0.4 is 0 Å². The maximum atomic E-state index is 5.41. The summed E-state index contributed by atoms with van der Waals surface area (Å²) in [5, 5.41) is 13.9. The molecule has 0 amide bonds. The minimum absolute atomic E-state index is 0.591.